The summed E-state index contributed by atoms with van der Waals surface area (Å²) in [5, 5.41) is 0. The third-order valence-electron chi connectivity index (χ3n) is 5.33. The minimum atomic E-state index is -0.452. The number of methoxy groups -OCH3 is 1. The monoisotopic (exact) mass is 339 g/mol. The summed E-state index contributed by atoms with van der Waals surface area (Å²) in [7, 11) is 1.40. The Morgan fingerprint density at radius 3 is 2.42 bits per heavy atom. The minimum Gasteiger partial charge on any atom is -0.466 e. The second-order valence-electron chi connectivity index (χ2n) is 6.80. The van der Waals surface area contributed by atoms with Crippen LogP contribution in [0.5, 0.6) is 0 Å². The average molecular weight is 339 g/mol. The molecule has 1 amide bonds. The quantitative estimate of drug-likeness (QED) is 0.569. The van der Waals surface area contributed by atoms with E-state index >= 15 is 0 Å². The van der Waals surface area contributed by atoms with Crippen LogP contribution >= 0.6 is 0 Å². The summed E-state index contributed by atoms with van der Waals surface area (Å²) in [5.74, 6) is -0.246. The van der Waals surface area contributed by atoms with Gasteiger partial charge in [-0.1, -0.05) is 19.3 Å². The number of rotatable bonds is 5. The Morgan fingerprint density at radius 1 is 1.08 bits per heavy atom. The number of likely N-dealkylation sites (tertiary alicyclic amines) is 1. The molecule has 136 valence electrons. The van der Waals surface area contributed by atoms with Gasteiger partial charge in [0.05, 0.1) is 13.7 Å². The van der Waals surface area contributed by atoms with E-state index in [2.05, 4.69) is 0 Å². The van der Waals surface area contributed by atoms with Gasteiger partial charge in [-0.25, -0.2) is 4.79 Å². The first-order valence-corrected chi connectivity index (χ1v) is 9.09. The number of ketones is 1. The highest BCUT2D eigenvalue weighted by atomic mass is 16.5. The van der Waals surface area contributed by atoms with E-state index in [-0.39, 0.29) is 36.9 Å². The molecule has 2 aliphatic rings. The van der Waals surface area contributed by atoms with Crippen LogP contribution in [0.3, 0.4) is 0 Å². The lowest BCUT2D eigenvalue weighted by Gasteiger charge is -2.43. The first-order valence-electron chi connectivity index (χ1n) is 9.09. The van der Waals surface area contributed by atoms with Crippen LogP contribution in [0.4, 0.5) is 4.79 Å². The summed E-state index contributed by atoms with van der Waals surface area (Å²) in [5.41, 5.74) is 0. The van der Waals surface area contributed by atoms with E-state index in [4.69, 9.17) is 9.47 Å². The highest BCUT2D eigenvalue weighted by Crippen LogP contribution is 2.36. The van der Waals surface area contributed by atoms with Crippen LogP contribution in [-0.4, -0.2) is 49.0 Å². The van der Waals surface area contributed by atoms with Gasteiger partial charge in [-0.15, -0.1) is 0 Å². The number of carbonyl (C=O) groups is 3. The molecule has 0 aromatic rings. The minimum absolute atomic E-state index is 0.0441. The Bertz CT molecular complexity index is 458. The maximum atomic E-state index is 12.4. The largest absolute Gasteiger partial charge is 0.466 e. The van der Waals surface area contributed by atoms with Gasteiger partial charge in [-0.2, -0.15) is 0 Å². The standard InChI is InChI=1S/C18H29NO5/c1-3-24-17(21)12-16(20)14-9-10-19(18(22)23-2)15(11-14)13-7-5-4-6-8-13/h13-15H,3-12H2,1-2H3/t14-,15+/m0/s1. The van der Waals surface area contributed by atoms with Crippen molar-refractivity contribution < 1.29 is 23.9 Å². The number of Topliss-reactive ketones (excluding diaryl/α,β-unsaturated/α-hetero) is 1. The number of piperidine rings is 1. The van der Waals surface area contributed by atoms with E-state index in [0.717, 1.165) is 12.8 Å². The summed E-state index contributed by atoms with van der Waals surface area (Å²) in [6.45, 7) is 2.54. The molecule has 6 heteroatoms. The lowest BCUT2D eigenvalue weighted by Crippen LogP contribution is -2.51. The van der Waals surface area contributed by atoms with E-state index < -0.39 is 5.97 Å². The molecule has 0 bridgehead atoms. The summed E-state index contributed by atoms with van der Waals surface area (Å²) in [4.78, 5) is 37.9. The molecule has 2 fully saturated rings. The van der Waals surface area contributed by atoms with Crippen LogP contribution in [0.25, 0.3) is 0 Å². The van der Waals surface area contributed by atoms with Crippen molar-refractivity contribution in [2.24, 2.45) is 11.8 Å². The summed E-state index contributed by atoms with van der Waals surface area (Å²) in [6, 6.07) is 0.0441. The van der Waals surface area contributed by atoms with Gasteiger partial charge >= 0.3 is 12.1 Å². The molecule has 2 atom stereocenters. The fourth-order valence-electron chi connectivity index (χ4n) is 4.10. The van der Waals surface area contributed by atoms with Gasteiger partial charge in [0.2, 0.25) is 0 Å². The van der Waals surface area contributed by atoms with Gasteiger partial charge in [0, 0.05) is 18.5 Å². The lowest BCUT2D eigenvalue weighted by atomic mass is 9.76. The molecule has 1 aliphatic heterocycles. The molecule has 0 radical (unpaired) electrons. The summed E-state index contributed by atoms with van der Waals surface area (Å²) >= 11 is 0. The van der Waals surface area contributed by atoms with Gasteiger partial charge in [-0.3, -0.25) is 9.59 Å². The maximum absolute atomic E-state index is 12.4. The summed E-state index contributed by atoms with van der Waals surface area (Å²) in [6.07, 6.45) is 6.56. The molecule has 1 heterocycles. The lowest BCUT2D eigenvalue weighted by molar-refractivity contribution is -0.146. The molecule has 1 saturated heterocycles. The predicted octanol–water partition coefficient (Wildman–Crippen LogP) is 2.94. The first-order chi connectivity index (χ1) is 11.6. The van der Waals surface area contributed by atoms with Crippen LogP contribution in [0.1, 0.15) is 58.3 Å². The normalized spacial score (nSPS) is 25.2. The van der Waals surface area contributed by atoms with Crippen LogP contribution in [0.15, 0.2) is 0 Å². The fourth-order valence-corrected chi connectivity index (χ4v) is 4.10. The smallest absolute Gasteiger partial charge is 0.409 e. The van der Waals surface area contributed by atoms with Crippen LogP contribution in [0.2, 0.25) is 0 Å². The molecule has 1 saturated carbocycles. The van der Waals surface area contributed by atoms with Crippen molar-refractivity contribution in [2.75, 3.05) is 20.3 Å². The van der Waals surface area contributed by atoms with Crippen molar-refractivity contribution >= 4 is 17.8 Å². The molecule has 0 aromatic carbocycles. The number of ether oxygens (including phenoxy) is 2. The SMILES string of the molecule is CCOC(=O)CC(=O)[C@H]1CCN(C(=O)OC)[C@@H](C2CCCCC2)C1. The first kappa shape index (κ1) is 18.7. The number of esters is 1. The number of hydrogen-bond acceptors (Lipinski definition) is 5. The summed E-state index contributed by atoms with van der Waals surface area (Å²) < 4.78 is 9.81. The number of hydrogen-bond donors (Lipinski definition) is 0. The Morgan fingerprint density at radius 2 is 1.79 bits per heavy atom. The molecule has 24 heavy (non-hydrogen) atoms. The van der Waals surface area contributed by atoms with E-state index in [1.54, 1.807) is 11.8 Å². The van der Waals surface area contributed by atoms with Crippen molar-refractivity contribution in [1.29, 1.82) is 0 Å². The van der Waals surface area contributed by atoms with Crippen LogP contribution < -0.4 is 0 Å². The van der Waals surface area contributed by atoms with Crippen LogP contribution in [0, 0.1) is 11.8 Å². The van der Waals surface area contributed by atoms with Gasteiger partial charge in [0.15, 0.2) is 0 Å². The molecule has 0 N–H and O–H groups in total. The molecule has 0 spiro atoms. The molecular weight excluding hydrogens is 310 g/mol. The zero-order chi connectivity index (χ0) is 17.5. The number of amides is 1. The number of nitrogens with zero attached hydrogens (tertiary/aromatic N) is 1. The fraction of sp³-hybridized carbons (Fsp3) is 0.833. The van der Waals surface area contributed by atoms with Crippen molar-refractivity contribution in [3.8, 4) is 0 Å². The predicted molar refractivity (Wildman–Crippen MR) is 88.5 cm³/mol. The molecular formula is C18H29NO5. The zero-order valence-electron chi connectivity index (χ0n) is 14.8. The second-order valence-corrected chi connectivity index (χ2v) is 6.80. The third-order valence-corrected chi connectivity index (χ3v) is 5.33. The maximum Gasteiger partial charge on any atom is 0.409 e. The van der Waals surface area contributed by atoms with Gasteiger partial charge in [0.1, 0.15) is 12.2 Å². The van der Waals surface area contributed by atoms with Crippen molar-refractivity contribution in [1.82, 2.24) is 4.90 Å². The second kappa shape index (κ2) is 9.04. The molecule has 6 nitrogen and oxygen atoms in total. The van der Waals surface area contributed by atoms with Crippen molar-refractivity contribution in [3.05, 3.63) is 0 Å². The van der Waals surface area contributed by atoms with Crippen molar-refractivity contribution in [3.63, 3.8) is 0 Å². The van der Waals surface area contributed by atoms with Crippen LogP contribution in [-0.2, 0) is 19.1 Å². The zero-order valence-corrected chi connectivity index (χ0v) is 14.8. The number of carbonyl (C=O) groups excluding carboxylic acids is 3. The van der Waals surface area contributed by atoms with Gasteiger partial charge in [-0.05, 0) is 38.5 Å². The van der Waals surface area contributed by atoms with E-state index in [0.29, 0.717) is 25.3 Å². The topological polar surface area (TPSA) is 72.9 Å². The van der Waals surface area contributed by atoms with Gasteiger partial charge in [0.25, 0.3) is 0 Å². The Labute approximate surface area is 143 Å². The highest BCUT2D eigenvalue weighted by molar-refractivity contribution is 5.96. The van der Waals surface area contributed by atoms with E-state index in [1.165, 1.54) is 26.4 Å². The Hall–Kier alpha value is -1.59. The average Bonchev–Trinajstić information content (AvgIpc) is 2.61. The Kier molecular flexibility index (Phi) is 7.06. The van der Waals surface area contributed by atoms with Crippen molar-refractivity contribution in [2.45, 2.75) is 64.3 Å². The van der Waals surface area contributed by atoms with Gasteiger partial charge < -0.3 is 14.4 Å². The Balaban J connectivity index is 2.03. The molecule has 0 unspecified atom stereocenters. The van der Waals surface area contributed by atoms with E-state index in [1.807, 2.05) is 0 Å². The molecule has 1 aliphatic carbocycles. The highest BCUT2D eigenvalue weighted by Gasteiger charge is 2.39. The molecule has 2 rings (SSSR count). The molecule has 0 aromatic heterocycles. The third kappa shape index (κ3) is 4.71. The van der Waals surface area contributed by atoms with E-state index in [9.17, 15) is 14.4 Å².